The molecule has 0 heterocycles. The van der Waals surface area contributed by atoms with E-state index < -0.39 is 10.5 Å². The summed E-state index contributed by atoms with van der Waals surface area (Å²) in [5, 5.41) is 14.7. The topological polar surface area (TPSA) is 93.8 Å². The van der Waals surface area contributed by atoms with Gasteiger partial charge in [0.15, 0.2) is 0 Å². The third kappa shape index (κ3) is 3.62. The van der Waals surface area contributed by atoms with E-state index in [1.54, 1.807) is 12.1 Å². The van der Waals surface area contributed by atoms with Crippen LogP contribution in [0, 0.1) is 16.0 Å². The first-order valence-corrected chi connectivity index (χ1v) is 8.33. The summed E-state index contributed by atoms with van der Waals surface area (Å²) in [6, 6.07) is 15.7. The Morgan fingerprint density at radius 1 is 1.35 bits per heavy atom. The van der Waals surface area contributed by atoms with Crippen molar-refractivity contribution >= 4 is 17.8 Å². The summed E-state index contributed by atoms with van der Waals surface area (Å²) in [4.78, 5) is 22.7. The second kappa shape index (κ2) is 7.45. The number of carbonyl (C=O) groups excluding carboxylic acids is 1. The Morgan fingerprint density at radius 3 is 2.81 bits per heavy atom. The minimum atomic E-state index is -0.596. The molecule has 0 unspecified atom stereocenters. The van der Waals surface area contributed by atoms with Crippen LogP contribution in [0.15, 0.2) is 59.7 Å². The van der Waals surface area contributed by atoms with Gasteiger partial charge < -0.3 is 4.74 Å². The number of hydrogen-bond donors (Lipinski definition) is 1. The van der Waals surface area contributed by atoms with Crippen molar-refractivity contribution in [3.8, 4) is 0 Å². The standard InChI is InChI=1S/C19H19N3O4/c1-2-26-19(15-8-4-3-5-9-15)12-17(19)18(23)21-20-13-14-7-6-10-16(11-14)22(24)25/h3-11,13,17H,2,12H2,1H3,(H,21,23)/b20-13-/t17-,19+/m0/s1. The molecule has 1 N–H and O–H groups in total. The number of hydrogen-bond acceptors (Lipinski definition) is 5. The molecule has 0 aliphatic heterocycles. The van der Waals surface area contributed by atoms with Crippen molar-refractivity contribution in [1.82, 2.24) is 5.43 Å². The molecule has 3 rings (SSSR count). The molecule has 0 aromatic heterocycles. The highest BCUT2D eigenvalue weighted by Crippen LogP contribution is 2.55. The van der Waals surface area contributed by atoms with Crippen molar-refractivity contribution in [2.45, 2.75) is 18.9 Å². The summed E-state index contributed by atoms with van der Waals surface area (Å²) >= 11 is 0. The van der Waals surface area contributed by atoms with Gasteiger partial charge in [0.05, 0.1) is 17.1 Å². The van der Waals surface area contributed by atoms with Gasteiger partial charge >= 0.3 is 0 Å². The number of nitrogens with one attached hydrogen (secondary N) is 1. The summed E-state index contributed by atoms with van der Waals surface area (Å²) in [6.45, 7) is 2.41. The number of amides is 1. The molecule has 0 saturated heterocycles. The third-order valence-corrected chi connectivity index (χ3v) is 4.36. The van der Waals surface area contributed by atoms with Crippen LogP contribution >= 0.6 is 0 Å². The molecule has 1 aliphatic rings. The number of non-ortho nitro benzene ring substituents is 1. The van der Waals surface area contributed by atoms with Crippen molar-refractivity contribution in [3.05, 3.63) is 75.8 Å². The van der Waals surface area contributed by atoms with Crippen molar-refractivity contribution in [2.75, 3.05) is 6.61 Å². The van der Waals surface area contributed by atoms with Crippen LogP contribution in [0.5, 0.6) is 0 Å². The maximum atomic E-state index is 12.4. The summed E-state index contributed by atoms with van der Waals surface area (Å²) in [5.74, 6) is -0.545. The predicted octanol–water partition coefficient (Wildman–Crippen LogP) is 3.00. The molecule has 134 valence electrons. The van der Waals surface area contributed by atoms with Crippen LogP contribution < -0.4 is 5.43 Å². The Morgan fingerprint density at radius 2 is 2.12 bits per heavy atom. The van der Waals surface area contributed by atoms with E-state index in [9.17, 15) is 14.9 Å². The third-order valence-electron chi connectivity index (χ3n) is 4.36. The van der Waals surface area contributed by atoms with Gasteiger partial charge in [-0.1, -0.05) is 42.5 Å². The molecule has 2 aromatic carbocycles. The van der Waals surface area contributed by atoms with Crippen molar-refractivity contribution in [1.29, 1.82) is 0 Å². The summed E-state index contributed by atoms with van der Waals surface area (Å²) < 4.78 is 5.88. The Balaban J connectivity index is 1.65. The average Bonchev–Trinajstić information content (AvgIpc) is 3.39. The van der Waals surface area contributed by atoms with Gasteiger partial charge in [-0.05, 0) is 18.9 Å². The first kappa shape index (κ1) is 17.8. The van der Waals surface area contributed by atoms with Crippen LogP contribution in [-0.4, -0.2) is 23.7 Å². The molecule has 0 spiro atoms. The van der Waals surface area contributed by atoms with Crippen LogP contribution in [-0.2, 0) is 15.1 Å². The first-order valence-electron chi connectivity index (χ1n) is 8.33. The van der Waals surface area contributed by atoms with Crippen molar-refractivity contribution < 1.29 is 14.5 Å². The minimum absolute atomic E-state index is 0.0260. The predicted molar refractivity (Wildman–Crippen MR) is 96.7 cm³/mol. The lowest BCUT2D eigenvalue weighted by Crippen LogP contribution is -2.26. The van der Waals surface area contributed by atoms with E-state index in [2.05, 4.69) is 10.5 Å². The zero-order valence-electron chi connectivity index (χ0n) is 14.3. The monoisotopic (exact) mass is 353 g/mol. The number of nitrogens with zero attached hydrogens (tertiary/aromatic N) is 2. The Hall–Kier alpha value is -3.06. The highest BCUT2D eigenvalue weighted by atomic mass is 16.6. The second-order valence-corrected chi connectivity index (χ2v) is 6.03. The molecule has 2 aromatic rings. The number of nitro groups is 1. The van der Waals surface area contributed by atoms with Crippen LogP contribution in [0.3, 0.4) is 0 Å². The number of hydrazone groups is 1. The normalized spacial score (nSPS) is 21.5. The number of ether oxygens (including phenoxy) is 1. The molecule has 2 atom stereocenters. The summed E-state index contributed by atoms with van der Waals surface area (Å²) in [5.41, 5.74) is 3.40. The van der Waals surface area contributed by atoms with Gasteiger partial charge in [-0.2, -0.15) is 5.10 Å². The van der Waals surface area contributed by atoms with Crippen molar-refractivity contribution in [2.24, 2.45) is 11.0 Å². The number of carbonyl (C=O) groups is 1. The zero-order chi connectivity index (χ0) is 18.6. The van der Waals surface area contributed by atoms with E-state index in [0.29, 0.717) is 18.6 Å². The highest BCUT2D eigenvalue weighted by Gasteiger charge is 2.60. The maximum Gasteiger partial charge on any atom is 0.270 e. The molecular weight excluding hydrogens is 334 g/mol. The van der Waals surface area contributed by atoms with E-state index in [1.807, 2.05) is 37.3 Å². The second-order valence-electron chi connectivity index (χ2n) is 6.03. The van der Waals surface area contributed by atoms with Gasteiger partial charge in [0.1, 0.15) is 5.60 Å². The largest absolute Gasteiger partial charge is 0.370 e. The van der Waals surface area contributed by atoms with E-state index in [-0.39, 0.29) is 17.5 Å². The fraction of sp³-hybridized carbons (Fsp3) is 0.263. The van der Waals surface area contributed by atoms with Gasteiger partial charge in [0, 0.05) is 24.3 Å². The number of rotatable bonds is 7. The summed E-state index contributed by atoms with van der Waals surface area (Å²) in [7, 11) is 0. The van der Waals surface area contributed by atoms with E-state index >= 15 is 0 Å². The Kier molecular flexibility index (Phi) is 5.09. The summed E-state index contributed by atoms with van der Waals surface area (Å²) in [6.07, 6.45) is 1.99. The zero-order valence-corrected chi connectivity index (χ0v) is 14.3. The Bertz CT molecular complexity index is 838. The molecule has 1 fully saturated rings. The lowest BCUT2D eigenvalue weighted by atomic mass is 10.1. The number of benzene rings is 2. The Labute approximate surface area is 150 Å². The lowest BCUT2D eigenvalue weighted by molar-refractivity contribution is -0.384. The van der Waals surface area contributed by atoms with Gasteiger partial charge in [-0.25, -0.2) is 5.43 Å². The maximum absolute atomic E-state index is 12.4. The molecule has 0 radical (unpaired) electrons. The first-order chi connectivity index (χ1) is 12.6. The van der Waals surface area contributed by atoms with Crippen LogP contribution in [0.2, 0.25) is 0 Å². The SMILES string of the molecule is CCO[C@@]1(c2ccccc2)C[C@H]1C(=O)N/N=C\c1cccc([N+](=O)[O-])c1. The van der Waals surface area contributed by atoms with E-state index in [1.165, 1.54) is 18.3 Å². The minimum Gasteiger partial charge on any atom is -0.370 e. The molecule has 1 aliphatic carbocycles. The fourth-order valence-electron chi connectivity index (χ4n) is 3.06. The molecule has 1 amide bonds. The lowest BCUT2D eigenvalue weighted by Gasteiger charge is -2.17. The molecule has 7 heteroatoms. The van der Waals surface area contributed by atoms with E-state index in [4.69, 9.17) is 4.74 Å². The molecule has 1 saturated carbocycles. The molecular formula is C19H19N3O4. The highest BCUT2D eigenvalue weighted by molar-refractivity contribution is 5.86. The fourth-order valence-corrected chi connectivity index (χ4v) is 3.06. The average molecular weight is 353 g/mol. The van der Waals surface area contributed by atoms with Gasteiger partial charge in [0.25, 0.3) is 5.69 Å². The molecule has 0 bridgehead atoms. The van der Waals surface area contributed by atoms with Crippen LogP contribution in [0.25, 0.3) is 0 Å². The van der Waals surface area contributed by atoms with Crippen molar-refractivity contribution in [3.63, 3.8) is 0 Å². The van der Waals surface area contributed by atoms with Gasteiger partial charge in [-0.15, -0.1) is 0 Å². The smallest absolute Gasteiger partial charge is 0.270 e. The van der Waals surface area contributed by atoms with Crippen LogP contribution in [0.1, 0.15) is 24.5 Å². The quantitative estimate of drug-likeness (QED) is 0.470. The molecule has 26 heavy (non-hydrogen) atoms. The van der Waals surface area contributed by atoms with Gasteiger partial charge in [0.2, 0.25) is 5.91 Å². The van der Waals surface area contributed by atoms with Gasteiger partial charge in [-0.3, -0.25) is 14.9 Å². The van der Waals surface area contributed by atoms with E-state index in [0.717, 1.165) is 5.56 Å². The number of nitro benzene ring substituents is 1. The molecule has 7 nitrogen and oxygen atoms in total. The van der Waals surface area contributed by atoms with Crippen LogP contribution in [0.4, 0.5) is 5.69 Å².